The molecule has 0 radical (unpaired) electrons. The van der Waals surface area contributed by atoms with E-state index in [9.17, 15) is 0 Å². The lowest BCUT2D eigenvalue weighted by molar-refractivity contribution is 0.410. The average molecular weight is 249 g/mol. The average Bonchev–Trinajstić information content (AvgIpc) is 2.86. The molecule has 2 heteroatoms. The molecule has 0 amide bonds. The Balaban J connectivity index is 1.84. The number of rotatable bonds is 5. The molecule has 0 heterocycles. The summed E-state index contributed by atoms with van der Waals surface area (Å²) in [6.45, 7) is 2.14. The van der Waals surface area contributed by atoms with E-state index in [0.29, 0.717) is 6.04 Å². The zero-order chi connectivity index (χ0) is 12.1. The lowest BCUT2D eigenvalue weighted by atomic mass is 10.0. The molecule has 2 rings (SSSR count). The zero-order valence-corrected chi connectivity index (χ0v) is 11.7. The predicted octanol–water partition coefficient (Wildman–Crippen LogP) is 3.87. The first-order chi connectivity index (χ1) is 8.29. The van der Waals surface area contributed by atoms with Gasteiger partial charge in [-0.05, 0) is 44.9 Å². The smallest absolute Gasteiger partial charge is 0.0186 e. The van der Waals surface area contributed by atoms with Crippen LogP contribution in [0, 0.1) is 12.8 Å². The molecule has 0 aromatic heterocycles. The Morgan fingerprint density at radius 1 is 1.24 bits per heavy atom. The van der Waals surface area contributed by atoms with Gasteiger partial charge in [-0.2, -0.15) is 0 Å². The lowest BCUT2D eigenvalue weighted by Crippen LogP contribution is -2.34. The van der Waals surface area contributed by atoms with E-state index in [1.165, 1.54) is 41.9 Å². The van der Waals surface area contributed by atoms with Crippen molar-refractivity contribution < 1.29 is 0 Å². The van der Waals surface area contributed by atoms with Crippen molar-refractivity contribution in [3.63, 3.8) is 0 Å². The normalized spacial score (nSPS) is 18.5. The van der Waals surface area contributed by atoms with Crippen LogP contribution in [0.5, 0.6) is 0 Å². The van der Waals surface area contributed by atoms with E-state index in [1.807, 2.05) is 11.8 Å². The molecule has 1 aromatic carbocycles. The molecular formula is C15H23NS. The summed E-state index contributed by atoms with van der Waals surface area (Å²) in [5, 5.41) is 3.50. The van der Waals surface area contributed by atoms with Gasteiger partial charge in [-0.3, -0.25) is 0 Å². The SMILES string of the molecule is CNC(CSc1ccc(C)cc1)C1CCCC1. The molecule has 1 aromatic rings. The van der Waals surface area contributed by atoms with Gasteiger partial charge in [-0.25, -0.2) is 0 Å². The van der Waals surface area contributed by atoms with Gasteiger partial charge in [0.25, 0.3) is 0 Å². The van der Waals surface area contributed by atoms with Crippen molar-refractivity contribution in [2.24, 2.45) is 5.92 Å². The number of benzene rings is 1. The minimum Gasteiger partial charge on any atom is -0.316 e. The summed E-state index contributed by atoms with van der Waals surface area (Å²) >= 11 is 1.99. The molecule has 0 spiro atoms. The van der Waals surface area contributed by atoms with Gasteiger partial charge in [0.2, 0.25) is 0 Å². The van der Waals surface area contributed by atoms with Crippen LogP contribution < -0.4 is 5.32 Å². The molecule has 1 aliphatic rings. The van der Waals surface area contributed by atoms with Crippen molar-refractivity contribution in [2.75, 3.05) is 12.8 Å². The van der Waals surface area contributed by atoms with E-state index < -0.39 is 0 Å². The first kappa shape index (κ1) is 13.0. The van der Waals surface area contributed by atoms with Crippen LogP contribution in [0.3, 0.4) is 0 Å². The van der Waals surface area contributed by atoms with Gasteiger partial charge in [0.1, 0.15) is 0 Å². The molecule has 1 fully saturated rings. The predicted molar refractivity (Wildman–Crippen MR) is 76.7 cm³/mol. The van der Waals surface area contributed by atoms with Crippen molar-refractivity contribution in [1.29, 1.82) is 0 Å². The van der Waals surface area contributed by atoms with Gasteiger partial charge >= 0.3 is 0 Å². The minimum absolute atomic E-state index is 0.684. The number of hydrogen-bond donors (Lipinski definition) is 1. The van der Waals surface area contributed by atoms with Crippen LogP contribution in [0.2, 0.25) is 0 Å². The molecular weight excluding hydrogens is 226 g/mol. The first-order valence-electron chi connectivity index (χ1n) is 6.66. The van der Waals surface area contributed by atoms with Crippen LogP contribution in [0.4, 0.5) is 0 Å². The molecule has 17 heavy (non-hydrogen) atoms. The molecule has 1 N–H and O–H groups in total. The van der Waals surface area contributed by atoms with Crippen molar-refractivity contribution in [3.8, 4) is 0 Å². The van der Waals surface area contributed by atoms with Gasteiger partial charge in [-0.15, -0.1) is 11.8 Å². The molecule has 1 atom stereocenters. The number of nitrogens with one attached hydrogen (secondary N) is 1. The summed E-state index contributed by atoms with van der Waals surface area (Å²) in [6, 6.07) is 9.56. The molecule has 0 saturated heterocycles. The standard InChI is InChI=1S/C15H23NS/c1-12-7-9-14(10-8-12)17-11-15(16-2)13-5-3-4-6-13/h7-10,13,15-16H,3-6,11H2,1-2H3. The highest BCUT2D eigenvalue weighted by molar-refractivity contribution is 7.99. The largest absolute Gasteiger partial charge is 0.316 e. The molecule has 1 nitrogen and oxygen atoms in total. The Labute approximate surface area is 109 Å². The fraction of sp³-hybridized carbons (Fsp3) is 0.600. The summed E-state index contributed by atoms with van der Waals surface area (Å²) in [4.78, 5) is 1.40. The lowest BCUT2D eigenvalue weighted by Gasteiger charge is -2.22. The highest BCUT2D eigenvalue weighted by atomic mass is 32.2. The van der Waals surface area contributed by atoms with E-state index in [-0.39, 0.29) is 0 Å². The second-order valence-corrected chi connectivity index (χ2v) is 6.16. The van der Waals surface area contributed by atoms with Crippen LogP contribution in [-0.2, 0) is 0 Å². The van der Waals surface area contributed by atoms with E-state index in [0.717, 1.165) is 5.92 Å². The summed E-state index contributed by atoms with van der Waals surface area (Å²) < 4.78 is 0. The highest BCUT2D eigenvalue weighted by Gasteiger charge is 2.23. The third kappa shape index (κ3) is 3.75. The maximum absolute atomic E-state index is 3.50. The maximum atomic E-state index is 3.50. The minimum atomic E-state index is 0.684. The van der Waals surface area contributed by atoms with Crippen LogP contribution in [0.1, 0.15) is 31.2 Å². The van der Waals surface area contributed by atoms with Crippen molar-refractivity contribution in [3.05, 3.63) is 29.8 Å². The molecule has 0 aliphatic heterocycles. The van der Waals surface area contributed by atoms with Crippen LogP contribution in [0.25, 0.3) is 0 Å². The number of aryl methyl sites for hydroxylation is 1. The van der Waals surface area contributed by atoms with Gasteiger partial charge < -0.3 is 5.32 Å². The van der Waals surface area contributed by atoms with Crippen LogP contribution >= 0.6 is 11.8 Å². The summed E-state index contributed by atoms with van der Waals surface area (Å²) in [5.41, 5.74) is 1.34. The third-order valence-electron chi connectivity index (χ3n) is 3.79. The fourth-order valence-corrected chi connectivity index (χ4v) is 3.77. The van der Waals surface area contributed by atoms with Gasteiger partial charge in [-0.1, -0.05) is 30.5 Å². The first-order valence-corrected chi connectivity index (χ1v) is 7.65. The number of hydrogen-bond acceptors (Lipinski definition) is 2. The van der Waals surface area contributed by atoms with Gasteiger partial charge in [0.05, 0.1) is 0 Å². The molecule has 94 valence electrons. The second kappa shape index (κ2) is 6.46. The monoisotopic (exact) mass is 249 g/mol. The Bertz CT molecular complexity index is 327. The molecule has 1 unspecified atom stereocenters. The van der Waals surface area contributed by atoms with Crippen LogP contribution in [-0.4, -0.2) is 18.8 Å². The topological polar surface area (TPSA) is 12.0 Å². The molecule has 0 bridgehead atoms. The fourth-order valence-electron chi connectivity index (χ4n) is 2.64. The van der Waals surface area contributed by atoms with Crippen molar-refractivity contribution >= 4 is 11.8 Å². The van der Waals surface area contributed by atoms with E-state index in [2.05, 4.69) is 43.6 Å². The van der Waals surface area contributed by atoms with Crippen molar-refractivity contribution in [2.45, 2.75) is 43.5 Å². The van der Waals surface area contributed by atoms with Crippen LogP contribution in [0.15, 0.2) is 29.2 Å². The highest BCUT2D eigenvalue weighted by Crippen LogP contribution is 2.30. The van der Waals surface area contributed by atoms with Crippen molar-refractivity contribution in [1.82, 2.24) is 5.32 Å². The van der Waals surface area contributed by atoms with Gasteiger partial charge in [0, 0.05) is 16.7 Å². The quantitative estimate of drug-likeness (QED) is 0.795. The Kier molecular flexibility index (Phi) is 4.93. The maximum Gasteiger partial charge on any atom is 0.0186 e. The summed E-state index contributed by atoms with van der Waals surface area (Å²) in [6.07, 6.45) is 5.69. The van der Waals surface area contributed by atoms with E-state index in [4.69, 9.17) is 0 Å². The van der Waals surface area contributed by atoms with Gasteiger partial charge in [0.15, 0.2) is 0 Å². The Morgan fingerprint density at radius 3 is 2.47 bits per heavy atom. The Hall–Kier alpha value is -0.470. The molecule has 1 saturated carbocycles. The van der Waals surface area contributed by atoms with E-state index >= 15 is 0 Å². The second-order valence-electron chi connectivity index (χ2n) is 5.06. The third-order valence-corrected chi connectivity index (χ3v) is 4.92. The molecule has 1 aliphatic carbocycles. The Morgan fingerprint density at radius 2 is 1.88 bits per heavy atom. The summed E-state index contributed by atoms with van der Waals surface area (Å²) in [7, 11) is 2.11. The summed E-state index contributed by atoms with van der Waals surface area (Å²) in [5.74, 6) is 2.10. The zero-order valence-electron chi connectivity index (χ0n) is 10.9. The van der Waals surface area contributed by atoms with E-state index in [1.54, 1.807) is 0 Å². The number of thioether (sulfide) groups is 1.